The lowest BCUT2D eigenvalue weighted by Crippen LogP contribution is -2.35. The number of nitrogens with zero attached hydrogens (tertiary/aromatic N) is 1. The molecule has 0 spiro atoms. The van der Waals surface area contributed by atoms with Gasteiger partial charge in [-0.2, -0.15) is 4.99 Å². The zero-order valence-electron chi connectivity index (χ0n) is 9.16. The molecule has 4 heteroatoms. The van der Waals surface area contributed by atoms with E-state index in [2.05, 4.69) is 4.99 Å². The van der Waals surface area contributed by atoms with Crippen LogP contribution in [0.25, 0.3) is 0 Å². The molecule has 1 fully saturated rings. The Morgan fingerprint density at radius 1 is 1.40 bits per heavy atom. The van der Waals surface area contributed by atoms with Gasteiger partial charge in [0.05, 0.1) is 0 Å². The maximum absolute atomic E-state index is 11.8. The number of amides is 1. The molecule has 1 rings (SSSR count). The van der Waals surface area contributed by atoms with Crippen molar-refractivity contribution in [2.75, 3.05) is 0 Å². The summed E-state index contributed by atoms with van der Waals surface area (Å²) in [6, 6.07) is 0. The fourth-order valence-electron chi connectivity index (χ4n) is 1.89. The molecule has 0 aromatic rings. The van der Waals surface area contributed by atoms with Crippen LogP contribution in [0.15, 0.2) is 4.99 Å². The van der Waals surface area contributed by atoms with Crippen molar-refractivity contribution in [1.82, 2.24) is 0 Å². The van der Waals surface area contributed by atoms with Gasteiger partial charge in [0.1, 0.15) is 17.5 Å². The number of carbonyl (C=O) groups excluding carboxylic acids is 2. The molecular formula is C11H18N2O2. The van der Waals surface area contributed by atoms with Gasteiger partial charge < -0.3 is 10.5 Å². The van der Waals surface area contributed by atoms with Gasteiger partial charge in [0.2, 0.25) is 0 Å². The number of aliphatic imine (C=N–C) groups is 1. The minimum absolute atomic E-state index is 0.312. The summed E-state index contributed by atoms with van der Waals surface area (Å²) in [7, 11) is 0. The van der Waals surface area contributed by atoms with Crippen LogP contribution in [0.5, 0.6) is 0 Å². The quantitative estimate of drug-likeness (QED) is 0.331. The molecule has 0 atom stereocenters. The molecule has 0 radical (unpaired) electrons. The molecule has 0 aromatic heterocycles. The average Bonchev–Trinajstić information content (AvgIpc) is 2.29. The second-order valence-electron chi connectivity index (χ2n) is 4.10. The number of rotatable bonds is 3. The molecule has 84 valence electrons. The SMILES string of the molecule is CCC(N)=NC(=O)C1(C=O)CCCCC1. The van der Waals surface area contributed by atoms with Gasteiger partial charge in [-0.25, -0.2) is 0 Å². The van der Waals surface area contributed by atoms with Crippen molar-refractivity contribution < 1.29 is 9.59 Å². The predicted octanol–water partition coefficient (Wildman–Crippen LogP) is 1.43. The Morgan fingerprint density at radius 2 is 2.00 bits per heavy atom. The zero-order valence-corrected chi connectivity index (χ0v) is 9.16. The Morgan fingerprint density at radius 3 is 2.47 bits per heavy atom. The maximum atomic E-state index is 11.8. The van der Waals surface area contributed by atoms with Crippen LogP contribution in [0, 0.1) is 5.41 Å². The van der Waals surface area contributed by atoms with E-state index in [-0.39, 0.29) is 5.91 Å². The molecular weight excluding hydrogens is 192 g/mol. The molecule has 4 nitrogen and oxygen atoms in total. The summed E-state index contributed by atoms with van der Waals surface area (Å²) >= 11 is 0. The van der Waals surface area contributed by atoms with E-state index >= 15 is 0 Å². The van der Waals surface area contributed by atoms with Gasteiger partial charge in [-0.05, 0) is 12.8 Å². The van der Waals surface area contributed by atoms with Crippen molar-refractivity contribution >= 4 is 18.0 Å². The average molecular weight is 210 g/mol. The smallest absolute Gasteiger partial charge is 0.260 e. The van der Waals surface area contributed by atoms with E-state index in [4.69, 9.17) is 5.73 Å². The van der Waals surface area contributed by atoms with Crippen LogP contribution in [0.4, 0.5) is 0 Å². The van der Waals surface area contributed by atoms with Crippen LogP contribution in [-0.2, 0) is 9.59 Å². The van der Waals surface area contributed by atoms with Crippen LogP contribution in [0.2, 0.25) is 0 Å². The Hall–Kier alpha value is -1.19. The first kappa shape index (κ1) is 11.9. The fraction of sp³-hybridized carbons (Fsp3) is 0.727. The number of aldehydes is 1. The standard InChI is InChI=1S/C11H18N2O2/c1-2-9(12)13-10(15)11(8-14)6-4-3-5-7-11/h8H,2-7H2,1H3,(H2,12,13,15). The second-order valence-corrected chi connectivity index (χ2v) is 4.10. The van der Waals surface area contributed by atoms with Gasteiger partial charge in [-0.3, -0.25) is 4.79 Å². The van der Waals surface area contributed by atoms with Crippen molar-refractivity contribution in [3.63, 3.8) is 0 Å². The largest absolute Gasteiger partial charge is 0.387 e. The Kier molecular flexibility index (Phi) is 4.00. The van der Waals surface area contributed by atoms with Crippen LogP contribution < -0.4 is 5.73 Å². The van der Waals surface area contributed by atoms with Crippen molar-refractivity contribution in [1.29, 1.82) is 0 Å². The summed E-state index contributed by atoms with van der Waals surface area (Å²) < 4.78 is 0. The molecule has 1 aliphatic rings. The third-order valence-corrected chi connectivity index (χ3v) is 3.00. The summed E-state index contributed by atoms with van der Waals surface area (Å²) in [6.45, 7) is 1.83. The van der Waals surface area contributed by atoms with Gasteiger partial charge in [0.15, 0.2) is 0 Å². The maximum Gasteiger partial charge on any atom is 0.260 e. The van der Waals surface area contributed by atoms with E-state index < -0.39 is 5.41 Å². The van der Waals surface area contributed by atoms with E-state index in [9.17, 15) is 9.59 Å². The fourth-order valence-corrected chi connectivity index (χ4v) is 1.89. The third kappa shape index (κ3) is 2.64. The third-order valence-electron chi connectivity index (χ3n) is 3.00. The molecule has 15 heavy (non-hydrogen) atoms. The Labute approximate surface area is 89.9 Å². The lowest BCUT2D eigenvalue weighted by atomic mass is 9.74. The summed E-state index contributed by atoms with van der Waals surface area (Å²) in [4.78, 5) is 26.7. The number of carbonyl (C=O) groups is 2. The zero-order chi connectivity index (χ0) is 11.3. The van der Waals surface area contributed by atoms with Gasteiger partial charge >= 0.3 is 0 Å². The molecule has 0 aromatic carbocycles. The van der Waals surface area contributed by atoms with Gasteiger partial charge in [-0.1, -0.05) is 26.2 Å². The highest BCUT2D eigenvalue weighted by Gasteiger charge is 2.39. The van der Waals surface area contributed by atoms with Crippen molar-refractivity contribution in [2.45, 2.75) is 45.4 Å². The van der Waals surface area contributed by atoms with Crippen LogP contribution in [0.1, 0.15) is 45.4 Å². The van der Waals surface area contributed by atoms with Crippen molar-refractivity contribution in [3.8, 4) is 0 Å². The number of nitrogens with two attached hydrogens (primary N) is 1. The van der Waals surface area contributed by atoms with Crippen molar-refractivity contribution in [3.05, 3.63) is 0 Å². The summed E-state index contributed by atoms with van der Waals surface area (Å²) in [6.07, 6.45) is 5.49. The molecule has 0 aliphatic heterocycles. The first-order valence-corrected chi connectivity index (χ1v) is 5.48. The monoisotopic (exact) mass is 210 g/mol. The molecule has 1 aliphatic carbocycles. The minimum atomic E-state index is -0.877. The van der Waals surface area contributed by atoms with Gasteiger partial charge in [-0.15, -0.1) is 0 Å². The van der Waals surface area contributed by atoms with Crippen LogP contribution in [0.3, 0.4) is 0 Å². The van der Waals surface area contributed by atoms with E-state index in [0.717, 1.165) is 25.5 Å². The number of amidine groups is 1. The Bertz CT molecular complexity index is 278. The summed E-state index contributed by atoms with van der Waals surface area (Å²) in [5.74, 6) is -0.0386. The van der Waals surface area contributed by atoms with Crippen LogP contribution in [-0.4, -0.2) is 18.0 Å². The normalized spacial score (nSPS) is 21.0. The van der Waals surface area contributed by atoms with E-state index in [1.165, 1.54) is 0 Å². The summed E-state index contributed by atoms with van der Waals surface area (Å²) in [5, 5.41) is 0. The van der Waals surface area contributed by atoms with Gasteiger partial charge in [0.25, 0.3) is 5.91 Å². The molecule has 0 bridgehead atoms. The highest BCUT2D eigenvalue weighted by molar-refractivity contribution is 6.03. The lowest BCUT2D eigenvalue weighted by molar-refractivity contribution is -0.135. The minimum Gasteiger partial charge on any atom is -0.387 e. The molecule has 1 amide bonds. The molecule has 0 unspecified atom stereocenters. The molecule has 0 saturated heterocycles. The molecule has 1 saturated carbocycles. The van der Waals surface area contributed by atoms with E-state index in [1.807, 2.05) is 6.92 Å². The first-order valence-electron chi connectivity index (χ1n) is 5.48. The highest BCUT2D eigenvalue weighted by atomic mass is 16.2. The van der Waals surface area contributed by atoms with Crippen LogP contribution >= 0.6 is 0 Å². The van der Waals surface area contributed by atoms with Crippen molar-refractivity contribution in [2.24, 2.45) is 16.1 Å². The van der Waals surface area contributed by atoms with E-state index in [1.54, 1.807) is 0 Å². The lowest BCUT2D eigenvalue weighted by Gasteiger charge is -2.28. The highest BCUT2D eigenvalue weighted by Crippen LogP contribution is 2.35. The summed E-state index contributed by atoms with van der Waals surface area (Å²) in [5.41, 5.74) is 4.63. The first-order chi connectivity index (χ1) is 7.14. The number of hydrogen-bond donors (Lipinski definition) is 1. The topological polar surface area (TPSA) is 72.5 Å². The van der Waals surface area contributed by atoms with Gasteiger partial charge in [0, 0.05) is 6.42 Å². The number of hydrogen-bond acceptors (Lipinski definition) is 2. The molecule has 0 heterocycles. The molecule has 2 N–H and O–H groups in total. The second kappa shape index (κ2) is 5.05. The van der Waals surface area contributed by atoms with E-state index in [0.29, 0.717) is 25.1 Å². The Balaban J connectivity index is 2.81. The predicted molar refractivity (Wildman–Crippen MR) is 58.5 cm³/mol.